The molecule has 2 fully saturated rings. The van der Waals surface area contributed by atoms with E-state index in [1.54, 1.807) is 4.90 Å². The topological polar surface area (TPSA) is 70.7 Å². The van der Waals surface area contributed by atoms with E-state index < -0.39 is 0 Å². The summed E-state index contributed by atoms with van der Waals surface area (Å²) in [4.78, 5) is 25.5. The van der Waals surface area contributed by atoms with Crippen LogP contribution in [0, 0.1) is 5.92 Å². The highest BCUT2D eigenvalue weighted by atomic mass is 16.5. The number of carbonyl (C=O) groups excluding carboxylic acids is 2. The monoisotopic (exact) mass is 345 g/mol. The number of piperidine rings is 1. The number of nitrogens with zero attached hydrogens (tertiary/aromatic N) is 1. The van der Waals surface area contributed by atoms with E-state index >= 15 is 0 Å². The molecular weight excluding hydrogens is 318 g/mol. The Bertz CT molecular complexity index is 599. The van der Waals surface area contributed by atoms with E-state index in [2.05, 4.69) is 10.6 Å². The molecule has 1 atom stereocenters. The van der Waals surface area contributed by atoms with Crippen molar-refractivity contribution in [3.8, 4) is 5.75 Å². The Balaban J connectivity index is 1.40. The Morgan fingerprint density at radius 3 is 3.04 bits per heavy atom. The third kappa shape index (κ3) is 5.19. The highest BCUT2D eigenvalue weighted by molar-refractivity contribution is 5.95. The number of anilines is 1. The molecule has 2 saturated heterocycles. The largest absolute Gasteiger partial charge is 0.484 e. The summed E-state index contributed by atoms with van der Waals surface area (Å²) >= 11 is 0. The van der Waals surface area contributed by atoms with E-state index in [-0.39, 0.29) is 18.4 Å². The SMILES string of the molecule is O=C(COc1cccc(N2CCCC2=O)c1)NCCC1CCCNC1. The maximum absolute atomic E-state index is 11.9. The zero-order valence-electron chi connectivity index (χ0n) is 14.6. The fourth-order valence-electron chi connectivity index (χ4n) is 3.45. The summed E-state index contributed by atoms with van der Waals surface area (Å²) in [5.74, 6) is 1.31. The van der Waals surface area contributed by atoms with Gasteiger partial charge in [0.1, 0.15) is 5.75 Å². The average molecular weight is 345 g/mol. The molecule has 0 radical (unpaired) electrons. The van der Waals surface area contributed by atoms with Gasteiger partial charge in [-0.3, -0.25) is 9.59 Å². The first-order valence-corrected chi connectivity index (χ1v) is 9.23. The van der Waals surface area contributed by atoms with E-state index in [9.17, 15) is 9.59 Å². The minimum Gasteiger partial charge on any atom is -0.484 e. The molecule has 1 aromatic rings. The van der Waals surface area contributed by atoms with Crippen molar-refractivity contribution in [3.05, 3.63) is 24.3 Å². The van der Waals surface area contributed by atoms with Gasteiger partial charge in [-0.15, -0.1) is 0 Å². The molecule has 2 aliphatic rings. The minimum absolute atomic E-state index is 0.000314. The van der Waals surface area contributed by atoms with Gasteiger partial charge in [-0.05, 0) is 56.8 Å². The van der Waals surface area contributed by atoms with Crippen molar-refractivity contribution in [2.45, 2.75) is 32.1 Å². The van der Waals surface area contributed by atoms with Gasteiger partial charge in [0, 0.05) is 31.3 Å². The number of benzene rings is 1. The van der Waals surface area contributed by atoms with E-state index in [1.807, 2.05) is 24.3 Å². The van der Waals surface area contributed by atoms with Crippen LogP contribution in [-0.4, -0.2) is 44.6 Å². The molecule has 2 N–H and O–H groups in total. The van der Waals surface area contributed by atoms with Gasteiger partial charge in [0.05, 0.1) is 0 Å². The summed E-state index contributed by atoms with van der Waals surface area (Å²) in [6.07, 6.45) is 4.96. The molecule has 1 aromatic carbocycles. The van der Waals surface area contributed by atoms with Gasteiger partial charge in [-0.25, -0.2) is 0 Å². The van der Waals surface area contributed by atoms with Gasteiger partial charge in [-0.1, -0.05) is 6.07 Å². The summed E-state index contributed by atoms with van der Waals surface area (Å²) in [5, 5.41) is 6.31. The molecule has 0 spiro atoms. The van der Waals surface area contributed by atoms with Crippen LogP contribution in [0.3, 0.4) is 0 Å². The molecule has 0 aromatic heterocycles. The Hall–Kier alpha value is -2.08. The Morgan fingerprint density at radius 1 is 1.36 bits per heavy atom. The summed E-state index contributed by atoms with van der Waals surface area (Å²) in [6.45, 7) is 3.60. The first kappa shape index (κ1) is 17.7. The Labute approximate surface area is 148 Å². The molecular formula is C19H27N3O3. The van der Waals surface area contributed by atoms with Crippen molar-refractivity contribution in [1.29, 1.82) is 0 Å². The molecule has 0 aliphatic carbocycles. The first-order valence-electron chi connectivity index (χ1n) is 9.23. The van der Waals surface area contributed by atoms with E-state index in [4.69, 9.17) is 4.74 Å². The van der Waals surface area contributed by atoms with Crippen molar-refractivity contribution in [1.82, 2.24) is 10.6 Å². The summed E-state index contributed by atoms with van der Waals surface area (Å²) in [5.41, 5.74) is 0.838. The smallest absolute Gasteiger partial charge is 0.257 e. The minimum atomic E-state index is -0.105. The third-order valence-electron chi connectivity index (χ3n) is 4.85. The van der Waals surface area contributed by atoms with Crippen LogP contribution in [0.4, 0.5) is 5.69 Å². The molecule has 6 nitrogen and oxygen atoms in total. The number of hydrogen-bond acceptors (Lipinski definition) is 4. The molecule has 136 valence electrons. The lowest BCUT2D eigenvalue weighted by molar-refractivity contribution is -0.123. The summed E-state index contributed by atoms with van der Waals surface area (Å²) in [6, 6.07) is 7.38. The van der Waals surface area contributed by atoms with Crippen molar-refractivity contribution in [3.63, 3.8) is 0 Å². The van der Waals surface area contributed by atoms with Crippen LogP contribution in [0.1, 0.15) is 32.1 Å². The third-order valence-corrected chi connectivity index (χ3v) is 4.85. The Morgan fingerprint density at radius 2 is 2.28 bits per heavy atom. The number of carbonyl (C=O) groups is 2. The zero-order chi connectivity index (χ0) is 17.5. The zero-order valence-corrected chi connectivity index (χ0v) is 14.6. The number of hydrogen-bond donors (Lipinski definition) is 2. The summed E-state index contributed by atoms with van der Waals surface area (Å²) in [7, 11) is 0. The second-order valence-electron chi connectivity index (χ2n) is 6.79. The lowest BCUT2D eigenvalue weighted by Gasteiger charge is -2.22. The maximum atomic E-state index is 11.9. The first-order chi connectivity index (χ1) is 12.2. The molecule has 2 amide bonds. The van der Waals surface area contributed by atoms with Gasteiger partial charge in [0.2, 0.25) is 5.91 Å². The van der Waals surface area contributed by atoms with Crippen LogP contribution in [0.2, 0.25) is 0 Å². The fourth-order valence-corrected chi connectivity index (χ4v) is 3.45. The highest BCUT2D eigenvalue weighted by Crippen LogP contribution is 2.25. The molecule has 25 heavy (non-hydrogen) atoms. The summed E-state index contributed by atoms with van der Waals surface area (Å²) < 4.78 is 5.58. The second-order valence-corrected chi connectivity index (χ2v) is 6.79. The van der Waals surface area contributed by atoms with E-state index in [0.29, 0.717) is 24.6 Å². The fraction of sp³-hybridized carbons (Fsp3) is 0.579. The van der Waals surface area contributed by atoms with Crippen LogP contribution in [0.15, 0.2) is 24.3 Å². The average Bonchev–Trinajstić information content (AvgIpc) is 3.07. The standard InChI is InChI=1S/C19H27N3O3/c23-18(21-10-8-15-4-2-9-20-13-15)14-25-17-6-1-5-16(12-17)22-11-3-7-19(22)24/h1,5-6,12,15,20H,2-4,7-11,13-14H2,(H,21,23). The normalized spacial score (nSPS) is 20.6. The van der Waals surface area contributed by atoms with Gasteiger partial charge in [0.25, 0.3) is 5.91 Å². The van der Waals surface area contributed by atoms with Gasteiger partial charge in [0.15, 0.2) is 6.61 Å². The molecule has 2 heterocycles. The molecule has 3 rings (SSSR count). The van der Waals surface area contributed by atoms with Crippen LogP contribution >= 0.6 is 0 Å². The number of amides is 2. The predicted octanol–water partition coefficient (Wildman–Crippen LogP) is 1.70. The molecule has 0 bridgehead atoms. The van der Waals surface area contributed by atoms with Crippen LogP contribution in [-0.2, 0) is 9.59 Å². The molecule has 6 heteroatoms. The molecule has 2 aliphatic heterocycles. The van der Waals surface area contributed by atoms with Crippen molar-refractivity contribution < 1.29 is 14.3 Å². The highest BCUT2D eigenvalue weighted by Gasteiger charge is 2.21. The molecule has 0 saturated carbocycles. The van der Waals surface area contributed by atoms with Crippen LogP contribution in [0.5, 0.6) is 5.75 Å². The Kier molecular flexibility index (Phi) is 6.28. The van der Waals surface area contributed by atoms with Gasteiger partial charge in [-0.2, -0.15) is 0 Å². The quantitative estimate of drug-likeness (QED) is 0.789. The van der Waals surface area contributed by atoms with Crippen molar-refractivity contribution >= 4 is 17.5 Å². The van der Waals surface area contributed by atoms with Crippen molar-refractivity contribution in [2.75, 3.05) is 37.7 Å². The predicted molar refractivity (Wildman–Crippen MR) is 96.7 cm³/mol. The van der Waals surface area contributed by atoms with E-state index in [0.717, 1.165) is 38.2 Å². The van der Waals surface area contributed by atoms with Crippen LogP contribution < -0.4 is 20.3 Å². The number of rotatable bonds is 7. The number of nitrogens with one attached hydrogen (secondary N) is 2. The van der Waals surface area contributed by atoms with Crippen LogP contribution in [0.25, 0.3) is 0 Å². The second kappa shape index (κ2) is 8.85. The van der Waals surface area contributed by atoms with E-state index in [1.165, 1.54) is 12.8 Å². The molecule has 1 unspecified atom stereocenters. The van der Waals surface area contributed by atoms with Crippen molar-refractivity contribution in [2.24, 2.45) is 5.92 Å². The number of ether oxygens (including phenoxy) is 1. The van der Waals surface area contributed by atoms with Gasteiger partial charge < -0.3 is 20.3 Å². The lowest BCUT2D eigenvalue weighted by atomic mass is 9.96. The maximum Gasteiger partial charge on any atom is 0.257 e. The van der Waals surface area contributed by atoms with Gasteiger partial charge >= 0.3 is 0 Å². The lowest BCUT2D eigenvalue weighted by Crippen LogP contribution is -2.34.